The van der Waals surface area contributed by atoms with Gasteiger partial charge in [-0.2, -0.15) is 0 Å². The lowest BCUT2D eigenvalue weighted by Crippen LogP contribution is -2.30. The molecule has 0 aliphatic heterocycles. The summed E-state index contributed by atoms with van der Waals surface area (Å²) in [6.45, 7) is 5.80. The first-order valence-electron chi connectivity index (χ1n) is 10.1. The molecule has 0 spiro atoms. The fourth-order valence-electron chi connectivity index (χ4n) is 3.82. The van der Waals surface area contributed by atoms with Gasteiger partial charge in [0.25, 0.3) is 0 Å². The molecule has 0 amide bonds. The van der Waals surface area contributed by atoms with Crippen LogP contribution in [0.15, 0.2) is 0 Å². The van der Waals surface area contributed by atoms with Crippen molar-refractivity contribution in [3.05, 3.63) is 0 Å². The number of hydrogen-bond acceptors (Lipinski definition) is 1. The highest BCUT2D eigenvalue weighted by Gasteiger charge is 2.19. The van der Waals surface area contributed by atoms with Crippen LogP contribution < -0.4 is 5.32 Å². The Labute approximate surface area is 134 Å². The van der Waals surface area contributed by atoms with Gasteiger partial charge in [-0.25, -0.2) is 0 Å². The predicted octanol–water partition coefficient (Wildman–Crippen LogP) is 6.47. The first-order valence-corrected chi connectivity index (χ1v) is 10.1. The number of rotatable bonds is 12. The van der Waals surface area contributed by atoms with Crippen LogP contribution in [0.25, 0.3) is 0 Å². The average Bonchev–Trinajstić information content (AvgIpc) is 2.73. The molecule has 1 heteroatoms. The van der Waals surface area contributed by atoms with Crippen LogP contribution in [-0.2, 0) is 0 Å². The largest absolute Gasteiger partial charge is 0.314 e. The van der Waals surface area contributed by atoms with Gasteiger partial charge in [-0.3, -0.25) is 0 Å². The fourth-order valence-corrected chi connectivity index (χ4v) is 3.82. The minimum Gasteiger partial charge on any atom is -0.314 e. The van der Waals surface area contributed by atoms with E-state index in [1.165, 1.54) is 103 Å². The minimum absolute atomic E-state index is 0.825. The second kappa shape index (κ2) is 13.6. The van der Waals surface area contributed by atoms with Crippen LogP contribution in [0, 0.1) is 5.92 Å². The lowest BCUT2D eigenvalue weighted by molar-refractivity contribution is 0.356. The van der Waals surface area contributed by atoms with Gasteiger partial charge in [0.05, 0.1) is 0 Å². The van der Waals surface area contributed by atoms with Crippen molar-refractivity contribution >= 4 is 0 Å². The molecule has 126 valence electrons. The third-order valence-corrected chi connectivity index (χ3v) is 5.18. The molecule has 0 aromatic heterocycles. The van der Waals surface area contributed by atoms with Gasteiger partial charge in [0.1, 0.15) is 0 Å². The quantitative estimate of drug-likeness (QED) is 0.321. The van der Waals surface area contributed by atoms with Crippen LogP contribution in [0.4, 0.5) is 0 Å². The first-order chi connectivity index (χ1) is 10.4. The fraction of sp³-hybridized carbons (Fsp3) is 1.00. The molecule has 2 unspecified atom stereocenters. The molecule has 1 saturated carbocycles. The highest BCUT2D eigenvalue weighted by molar-refractivity contribution is 4.76. The molecule has 2 atom stereocenters. The van der Waals surface area contributed by atoms with Crippen LogP contribution in [0.2, 0.25) is 0 Å². The van der Waals surface area contributed by atoms with Gasteiger partial charge in [-0.1, -0.05) is 90.9 Å². The van der Waals surface area contributed by atoms with Crippen LogP contribution in [0.5, 0.6) is 0 Å². The lowest BCUT2D eigenvalue weighted by atomic mass is 9.92. The Bertz CT molecular complexity index is 214. The van der Waals surface area contributed by atoms with Crippen molar-refractivity contribution in [1.29, 1.82) is 0 Å². The smallest absolute Gasteiger partial charge is 0.00696 e. The molecule has 1 fully saturated rings. The van der Waals surface area contributed by atoms with Gasteiger partial charge < -0.3 is 5.32 Å². The van der Waals surface area contributed by atoms with Crippen molar-refractivity contribution < 1.29 is 0 Å². The van der Waals surface area contributed by atoms with Crippen molar-refractivity contribution in [3.63, 3.8) is 0 Å². The van der Waals surface area contributed by atoms with Gasteiger partial charge in [0, 0.05) is 6.04 Å². The molecule has 21 heavy (non-hydrogen) atoms. The van der Waals surface area contributed by atoms with Crippen LogP contribution in [-0.4, -0.2) is 12.6 Å². The summed E-state index contributed by atoms with van der Waals surface area (Å²) in [7, 11) is 0. The summed E-state index contributed by atoms with van der Waals surface area (Å²) in [4.78, 5) is 0. The van der Waals surface area contributed by atoms with E-state index < -0.39 is 0 Å². The Hall–Kier alpha value is -0.0400. The van der Waals surface area contributed by atoms with E-state index in [-0.39, 0.29) is 0 Å². The summed E-state index contributed by atoms with van der Waals surface area (Å²) >= 11 is 0. The van der Waals surface area contributed by atoms with Crippen LogP contribution in [0.1, 0.15) is 110 Å². The number of unbranched alkanes of at least 4 members (excludes halogenated alkanes) is 7. The summed E-state index contributed by atoms with van der Waals surface area (Å²) in [6, 6.07) is 0.825. The maximum Gasteiger partial charge on any atom is 0.00696 e. The summed E-state index contributed by atoms with van der Waals surface area (Å²) in [5.74, 6) is 1.02. The van der Waals surface area contributed by atoms with E-state index >= 15 is 0 Å². The molecule has 1 aliphatic rings. The molecule has 1 rings (SSSR count). The predicted molar refractivity (Wildman–Crippen MR) is 95.9 cm³/mol. The second-order valence-electron chi connectivity index (χ2n) is 7.30. The zero-order valence-corrected chi connectivity index (χ0v) is 15.0. The molecular formula is C20H41N. The lowest BCUT2D eigenvalue weighted by Gasteiger charge is -2.21. The van der Waals surface area contributed by atoms with Gasteiger partial charge in [0.2, 0.25) is 0 Å². The zero-order valence-electron chi connectivity index (χ0n) is 15.0. The molecule has 0 saturated heterocycles. The maximum absolute atomic E-state index is 3.77. The van der Waals surface area contributed by atoms with Crippen molar-refractivity contribution in [1.82, 2.24) is 5.32 Å². The molecule has 1 N–H and O–H groups in total. The summed E-state index contributed by atoms with van der Waals surface area (Å²) < 4.78 is 0. The van der Waals surface area contributed by atoms with Crippen LogP contribution in [0.3, 0.4) is 0 Å². The number of nitrogens with one attached hydrogen (secondary N) is 1. The topological polar surface area (TPSA) is 12.0 Å². The molecule has 0 heterocycles. The van der Waals surface area contributed by atoms with Crippen molar-refractivity contribution in [2.24, 2.45) is 5.92 Å². The van der Waals surface area contributed by atoms with E-state index in [9.17, 15) is 0 Å². The van der Waals surface area contributed by atoms with Gasteiger partial charge >= 0.3 is 0 Å². The molecule has 1 nitrogen and oxygen atoms in total. The minimum atomic E-state index is 0.825. The molecule has 0 radical (unpaired) electrons. The zero-order chi connectivity index (χ0) is 15.2. The van der Waals surface area contributed by atoms with Crippen molar-refractivity contribution in [3.8, 4) is 0 Å². The first kappa shape index (κ1) is 19.0. The van der Waals surface area contributed by atoms with Gasteiger partial charge in [-0.05, 0) is 31.7 Å². The SMILES string of the molecule is CCCCCCCCCCC1CCCCC(NCCC)C1. The highest BCUT2D eigenvalue weighted by Crippen LogP contribution is 2.27. The molecular weight excluding hydrogens is 254 g/mol. The van der Waals surface area contributed by atoms with E-state index in [4.69, 9.17) is 0 Å². The van der Waals surface area contributed by atoms with Crippen molar-refractivity contribution in [2.45, 2.75) is 116 Å². The maximum atomic E-state index is 3.77. The molecule has 1 aliphatic carbocycles. The Morgan fingerprint density at radius 3 is 2.14 bits per heavy atom. The van der Waals surface area contributed by atoms with E-state index in [0.29, 0.717) is 0 Å². The van der Waals surface area contributed by atoms with Gasteiger partial charge in [0.15, 0.2) is 0 Å². The van der Waals surface area contributed by atoms with Crippen molar-refractivity contribution in [2.75, 3.05) is 6.54 Å². The second-order valence-corrected chi connectivity index (χ2v) is 7.30. The normalized spacial score (nSPS) is 23.1. The Balaban J connectivity index is 2.01. The highest BCUT2D eigenvalue weighted by atomic mass is 14.9. The monoisotopic (exact) mass is 295 g/mol. The summed E-state index contributed by atoms with van der Waals surface area (Å²) in [5, 5.41) is 3.77. The standard InChI is InChI=1S/C20H41N/c1-3-5-6-7-8-9-10-11-14-19-15-12-13-16-20(18-19)21-17-4-2/h19-21H,3-18H2,1-2H3. The molecule has 0 aromatic carbocycles. The number of hydrogen-bond donors (Lipinski definition) is 1. The third kappa shape index (κ3) is 10.3. The van der Waals surface area contributed by atoms with E-state index in [1.54, 1.807) is 0 Å². The summed E-state index contributed by atoms with van der Waals surface area (Å²) in [6.07, 6.45) is 21.8. The molecule has 0 bridgehead atoms. The molecule has 0 aromatic rings. The third-order valence-electron chi connectivity index (χ3n) is 5.18. The van der Waals surface area contributed by atoms with E-state index in [1.807, 2.05) is 0 Å². The Kier molecular flexibility index (Phi) is 12.3. The Morgan fingerprint density at radius 1 is 0.762 bits per heavy atom. The van der Waals surface area contributed by atoms with Gasteiger partial charge in [-0.15, -0.1) is 0 Å². The average molecular weight is 296 g/mol. The van der Waals surface area contributed by atoms with Crippen LogP contribution >= 0.6 is 0 Å². The summed E-state index contributed by atoms with van der Waals surface area (Å²) in [5.41, 5.74) is 0. The van der Waals surface area contributed by atoms with E-state index in [0.717, 1.165) is 12.0 Å². The van der Waals surface area contributed by atoms with E-state index in [2.05, 4.69) is 19.2 Å². The Morgan fingerprint density at radius 2 is 1.43 bits per heavy atom.